The molecule has 0 radical (unpaired) electrons. The summed E-state index contributed by atoms with van der Waals surface area (Å²) in [6, 6.07) is 4.40. The van der Waals surface area contributed by atoms with E-state index in [2.05, 4.69) is 5.32 Å². The highest BCUT2D eigenvalue weighted by molar-refractivity contribution is 7.21. The smallest absolute Gasteiger partial charge is 0.308 e. The number of hydrogen-bond acceptors (Lipinski definition) is 3. The van der Waals surface area contributed by atoms with Gasteiger partial charge in [-0.1, -0.05) is 13.0 Å². The van der Waals surface area contributed by atoms with Crippen LogP contribution >= 0.6 is 11.3 Å². The number of rotatable bonds is 4. The number of nitrogens with one attached hydrogen (secondary N) is 1. The van der Waals surface area contributed by atoms with Crippen molar-refractivity contribution in [2.24, 2.45) is 5.92 Å². The minimum absolute atomic E-state index is 0.0657. The van der Waals surface area contributed by atoms with Gasteiger partial charge < -0.3 is 10.4 Å². The lowest BCUT2D eigenvalue weighted by molar-refractivity contribution is -0.140. The number of carboxylic acid groups (broad SMARTS) is 1. The summed E-state index contributed by atoms with van der Waals surface area (Å²) in [6.45, 7) is 3.39. The quantitative estimate of drug-likeness (QED) is 0.911. The molecule has 2 rings (SSSR count). The summed E-state index contributed by atoms with van der Waals surface area (Å²) in [5.74, 6) is -2.27. The Labute approximate surface area is 119 Å². The maximum atomic E-state index is 13.2. The molecule has 1 heterocycles. The van der Waals surface area contributed by atoms with E-state index >= 15 is 0 Å². The van der Waals surface area contributed by atoms with Gasteiger partial charge in [0.2, 0.25) is 0 Å². The number of fused-ring (bicyclic) bond motifs is 1. The Morgan fingerprint density at radius 3 is 2.80 bits per heavy atom. The average molecular weight is 295 g/mol. The molecule has 106 valence electrons. The van der Waals surface area contributed by atoms with Gasteiger partial charge in [-0.05, 0) is 30.0 Å². The van der Waals surface area contributed by atoms with E-state index in [-0.39, 0.29) is 18.3 Å². The summed E-state index contributed by atoms with van der Waals surface area (Å²) in [6.07, 6.45) is 0. The molecule has 0 saturated heterocycles. The Morgan fingerprint density at radius 2 is 2.15 bits per heavy atom. The highest BCUT2D eigenvalue weighted by atomic mass is 32.1. The highest BCUT2D eigenvalue weighted by Crippen LogP contribution is 2.31. The lowest BCUT2D eigenvalue weighted by Gasteiger charge is -2.07. The minimum atomic E-state index is -0.958. The van der Waals surface area contributed by atoms with Gasteiger partial charge in [0.05, 0.1) is 10.8 Å². The lowest BCUT2D eigenvalue weighted by Crippen LogP contribution is -2.31. The van der Waals surface area contributed by atoms with Crippen molar-refractivity contribution in [3.05, 3.63) is 34.5 Å². The molecule has 4 nitrogen and oxygen atoms in total. The first-order valence-electron chi connectivity index (χ1n) is 6.09. The molecule has 0 saturated carbocycles. The zero-order valence-electron chi connectivity index (χ0n) is 11.1. The van der Waals surface area contributed by atoms with Crippen LogP contribution in [0.1, 0.15) is 22.2 Å². The van der Waals surface area contributed by atoms with Crippen LogP contribution in [-0.2, 0) is 4.79 Å². The fourth-order valence-electron chi connectivity index (χ4n) is 1.83. The summed E-state index contributed by atoms with van der Waals surface area (Å²) >= 11 is 1.21. The van der Waals surface area contributed by atoms with E-state index in [1.807, 2.05) is 0 Å². The summed E-state index contributed by atoms with van der Waals surface area (Å²) in [5.41, 5.74) is 0.783. The van der Waals surface area contributed by atoms with E-state index in [9.17, 15) is 14.0 Å². The van der Waals surface area contributed by atoms with Gasteiger partial charge in [-0.2, -0.15) is 0 Å². The van der Waals surface area contributed by atoms with Gasteiger partial charge in [-0.25, -0.2) is 4.39 Å². The molecule has 1 amide bonds. The van der Waals surface area contributed by atoms with Crippen LogP contribution < -0.4 is 5.32 Å². The molecular formula is C14H14FNO3S. The van der Waals surface area contributed by atoms with Gasteiger partial charge in [-0.3, -0.25) is 9.59 Å². The van der Waals surface area contributed by atoms with Crippen LogP contribution in [0.3, 0.4) is 0 Å². The predicted octanol–water partition coefficient (Wildman–Crippen LogP) is 2.80. The van der Waals surface area contributed by atoms with Crippen LogP contribution in [0.2, 0.25) is 0 Å². The van der Waals surface area contributed by atoms with Crippen LogP contribution in [0.25, 0.3) is 10.1 Å². The van der Waals surface area contributed by atoms with E-state index in [1.165, 1.54) is 30.4 Å². The molecule has 0 aliphatic heterocycles. The second-order valence-corrected chi connectivity index (χ2v) is 5.70. The fourth-order valence-corrected chi connectivity index (χ4v) is 2.98. The van der Waals surface area contributed by atoms with Crippen molar-refractivity contribution >= 4 is 33.3 Å². The molecule has 1 atom stereocenters. The predicted molar refractivity (Wildman–Crippen MR) is 75.7 cm³/mol. The first-order chi connectivity index (χ1) is 9.40. The standard InChI is InChI=1S/C14H14FNO3S/c1-7(14(18)19)6-16-13(17)12-8(2)10-4-3-9(15)5-11(10)20-12/h3-5,7H,6H2,1-2H3,(H,16,17)(H,18,19). The number of carboxylic acids is 1. The first kappa shape index (κ1) is 14.5. The molecule has 20 heavy (non-hydrogen) atoms. The Kier molecular flexibility index (Phi) is 4.04. The van der Waals surface area contributed by atoms with Gasteiger partial charge in [0.25, 0.3) is 5.91 Å². The zero-order chi connectivity index (χ0) is 14.9. The van der Waals surface area contributed by atoms with Crippen molar-refractivity contribution < 1.29 is 19.1 Å². The number of benzene rings is 1. The van der Waals surface area contributed by atoms with Crippen LogP contribution in [-0.4, -0.2) is 23.5 Å². The SMILES string of the molecule is Cc1c(C(=O)NCC(C)C(=O)O)sc2cc(F)ccc12. The van der Waals surface area contributed by atoms with Crippen LogP contribution in [0, 0.1) is 18.7 Å². The average Bonchev–Trinajstić information content (AvgIpc) is 2.72. The third-order valence-corrected chi connectivity index (χ3v) is 4.35. The number of hydrogen-bond donors (Lipinski definition) is 2. The molecule has 2 N–H and O–H groups in total. The van der Waals surface area contributed by atoms with Gasteiger partial charge in [-0.15, -0.1) is 11.3 Å². The monoisotopic (exact) mass is 295 g/mol. The minimum Gasteiger partial charge on any atom is -0.481 e. The maximum Gasteiger partial charge on any atom is 0.308 e. The molecule has 1 unspecified atom stereocenters. The third kappa shape index (κ3) is 2.80. The molecule has 2 aromatic rings. The number of aliphatic carboxylic acids is 1. The van der Waals surface area contributed by atoms with Crippen molar-refractivity contribution in [3.63, 3.8) is 0 Å². The number of halogens is 1. The first-order valence-corrected chi connectivity index (χ1v) is 6.91. The van der Waals surface area contributed by atoms with E-state index in [0.717, 1.165) is 10.9 Å². The third-order valence-electron chi connectivity index (χ3n) is 3.10. The molecule has 1 aromatic heterocycles. The molecule has 1 aromatic carbocycles. The van der Waals surface area contributed by atoms with E-state index < -0.39 is 11.9 Å². The molecule has 0 bridgehead atoms. The second kappa shape index (κ2) is 5.58. The lowest BCUT2D eigenvalue weighted by atomic mass is 10.1. The number of aryl methyl sites for hydroxylation is 1. The van der Waals surface area contributed by atoms with Crippen LogP contribution in [0.4, 0.5) is 4.39 Å². The number of carbonyl (C=O) groups is 2. The van der Waals surface area contributed by atoms with E-state index in [4.69, 9.17) is 5.11 Å². The topological polar surface area (TPSA) is 66.4 Å². The Bertz CT molecular complexity index is 680. The molecule has 0 fully saturated rings. The molecule has 6 heteroatoms. The summed E-state index contributed by atoms with van der Waals surface area (Å²) in [7, 11) is 0. The van der Waals surface area contributed by atoms with Crippen molar-refractivity contribution in [3.8, 4) is 0 Å². The maximum absolute atomic E-state index is 13.2. The Balaban J connectivity index is 2.22. The van der Waals surface area contributed by atoms with Gasteiger partial charge >= 0.3 is 5.97 Å². The molecule has 0 aliphatic carbocycles. The number of amides is 1. The highest BCUT2D eigenvalue weighted by Gasteiger charge is 2.18. The molecule has 0 spiro atoms. The zero-order valence-corrected chi connectivity index (χ0v) is 11.9. The van der Waals surface area contributed by atoms with Gasteiger partial charge in [0.1, 0.15) is 5.82 Å². The van der Waals surface area contributed by atoms with E-state index in [0.29, 0.717) is 9.58 Å². The van der Waals surface area contributed by atoms with Gasteiger partial charge in [0, 0.05) is 11.2 Å². The summed E-state index contributed by atoms with van der Waals surface area (Å²) in [4.78, 5) is 23.3. The normalized spacial score (nSPS) is 12.3. The fraction of sp³-hybridized carbons (Fsp3) is 0.286. The van der Waals surface area contributed by atoms with Gasteiger partial charge in [0.15, 0.2) is 0 Å². The number of carbonyl (C=O) groups excluding carboxylic acids is 1. The van der Waals surface area contributed by atoms with E-state index in [1.54, 1.807) is 13.0 Å². The Hall–Kier alpha value is -1.95. The number of thiophene rings is 1. The van der Waals surface area contributed by atoms with Crippen LogP contribution in [0.5, 0.6) is 0 Å². The van der Waals surface area contributed by atoms with Crippen molar-refractivity contribution in [2.75, 3.05) is 6.54 Å². The molecule has 0 aliphatic rings. The largest absolute Gasteiger partial charge is 0.481 e. The summed E-state index contributed by atoms with van der Waals surface area (Å²) in [5, 5.41) is 12.2. The Morgan fingerprint density at radius 1 is 1.45 bits per heavy atom. The van der Waals surface area contributed by atoms with Crippen LogP contribution in [0.15, 0.2) is 18.2 Å². The summed E-state index contributed by atoms with van der Waals surface area (Å²) < 4.78 is 13.9. The van der Waals surface area contributed by atoms with Crippen molar-refractivity contribution in [1.82, 2.24) is 5.32 Å². The van der Waals surface area contributed by atoms with Crippen molar-refractivity contribution in [1.29, 1.82) is 0 Å². The second-order valence-electron chi connectivity index (χ2n) is 4.65. The molecular weight excluding hydrogens is 281 g/mol. The van der Waals surface area contributed by atoms with Crippen molar-refractivity contribution in [2.45, 2.75) is 13.8 Å².